The van der Waals surface area contributed by atoms with Crippen LogP contribution in [0.1, 0.15) is 6.42 Å². The summed E-state index contributed by atoms with van der Waals surface area (Å²) in [6.45, 7) is -1.15. The molecule has 0 spiro atoms. The molecule has 1 aliphatic heterocycles. The summed E-state index contributed by atoms with van der Waals surface area (Å²) in [6, 6.07) is 0. The molecular weight excluding hydrogens is 248 g/mol. The Labute approximate surface area is 103 Å². The number of carboxylic acid groups (broad SMARTS) is 1. The Morgan fingerprint density at radius 3 is 2.17 bits per heavy atom. The lowest BCUT2D eigenvalue weighted by Gasteiger charge is -2.42. The lowest BCUT2D eigenvalue weighted by molar-refractivity contribution is -0.244. The number of aliphatic hydroxyl groups is 5. The fourth-order valence-corrected chi connectivity index (χ4v) is 2.03. The van der Waals surface area contributed by atoms with Gasteiger partial charge < -0.3 is 35.4 Å². The van der Waals surface area contributed by atoms with Crippen molar-refractivity contribution in [3.8, 4) is 0 Å². The molecule has 1 fully saturated rings. The van der Waals surface area contributed by atoms with Crippen molar-refractivity contribution in [2.75, 3.05) is 13.2 Å². The molecule has 0 aromatic heterocycles. The summed E-state index contributed by atoms with van der Waals surface area (Å²) < 4.78 is 5.15. The van der Waals surface area contributed by atoms with E-state index in [9.17, 15) is 20.1 Å². The Bertz CT molecular complexity index is 281. The molecule has 0 aromatic carbocycles. The molecule has 1 saturated heterocycles. The van der Waals surface area contributed by atoms with E-state index in [0.29, 0.717) is 0 Å². The molecule has 0 radical (unpaired) electrons. The van der Waals surface area contributed by atoms with Crippen LogP contribution >= 0.6 is 0 Å². The van der Waals surface area contributed by atoms with Gasteiger partial charge in [0, 0.05) is 12.5 Å². The predicted octanol–water partition coefficient (Wildman–Crippen LogP) is -3.09. The summed E-state index contributed by atoms with van der Waals surface area (Å²) in [5.74, 6) is -2.13. The van der Waals surface area contributed by atoms with Gasteiger partial charge in [0.15, 0.2) is 0 Å². The van der Waals surface area contributed by atoms with Crippen LogP contribution < -0.4 is 0 Å². The van der Waals surface area contributed by atoms with Gasteiger partial charge in [-0.25, -0.2) is 0 Å². The Hall–Kier alpha value is -0.770. The van der Waals surface area contributed by atoms with Crippen molar-refractivity contribution >= 4 is 5.97 Å². The number of ether oxygens (including phenoxy) is 1. The lowest BCUT2D eigenvalue weighted by atomic mass is 9.86. The molecule has 0 amide bonds. The van der Waals surface area contributed by atoms with E-state index in [-0.39, 0.29) is 0 Å². The van der Waals surface area contributed by atoms with E-state index < -0.39 is 62.0 Å². The summed E-state index contributed by atoms with van der Waals surface area (Å²) in [5.41, 5.74) is 0. The van der Waals surface area contributed by atoms with Crippen LogP contribution in [0, 0.1) is 5.92 Å². The van der Waals surface area contributed by atoms with E-state index in [4.69, 9.17) is 20.1 Å². The number of aliphatic carboxylic acids is 1. The van der Waals surface area contributed by atoms with Gasteiger partial charge in [-0.3, -0.25) is 4.79 Å². The van der Waals surface area contributed by atoms with E-state index in [1.807, 2.05) is 0 Å². The fraction of sp³-hybridized carbons (Fsp3) is 0.900. The summed E-state index contributed by atoms with van der Waals surface area (Å²) >= 11 is 0. The average Bonchev–Trinajstić information content (AvgIpc) is 2.34. The van der Waals surface area contributed by atoms with Crippen LogP contribution in [0.4, 0.5) is 0 Å². The van der Waals surface area contributed by atoms with Crippen LogP contribution in [0.25, 0.3) is 0 Å². The third-order valence-electron chi connectivity index (χ3n) is 3.07. The third kappa shape index (κ3) is 3.16. The van der Waals surface area contributed by atoms with E-state index >= 15 is 0 Å². The van der Waals surface area contributed by atoms with E-state index in [1.54, 1.807) is 0 Å². The maximum atomic E-state index is 10.6. The number of carboxylic acids is 1. The minimum atomic E-state index is -1.57. The van der Waals surface area contributed by atoms with Crippen LogP contribution in [0.3, 0.4) is 0 Å². The molecule has 0 unspecified atom stereocenters. The third-order valence-corrected chi connectivity index (χ3v) is 3.07. The fourth-order valence-electron chi connectivity index (χ4n) is 2.03. The SMILES string of the molecule is O=C(O)C[C@@H](CO)[C@@H]1O[C@H](CO)[C@@H](O)[C@H](O)[C@H]1O. The van der Waals surface area contributed by atoms with Gasteiger partial charge in [-0.1, -0.05) is 0 Å². The average molecular weight is 266 g/mol. The Balaban J connectivity index is 2.82. The summed E-state index contributed by atoms with van der Waals surface area (Å²) in [5, 5.41) is 55.5. The lowest BCUT2D eigenvalue weighted by Crippen LogP contribution is -2.60. The molecule has 1 aliphatic rings. The van der Waals surface area contributed by atoms with E-state index in [0.717, 1.165) is 0 Å². The van der Waals surface area contributed by atoms with Gasteiger partial charge in [-0.05, 0) is 0 Å². The van der Waals surface area contributed by atoms with Crippen molar-refractivity contribution in [2.24, 2.45) is 5.92 Å². The van der Waals surface area contributed by atoms with Crippen molar-refractivity contribution in [3.63, 3.8) is 0 Å². The van der Waals surface area contributed by atoms with Crippen molar-refractivity contribution in [1.29, 1.82) is 0 Å². The zero-order chi connectivity index (χ0) is 13.9. The second kappa shape index (κ2) is 6.41. The van der Waals surface area contributed by atoms with Gasteiger partial charge in [0.2, 0.25) is 0 Å². The second-order valence-electron chi connectivity index (χ2n) is 4.33. The highest BCUT2D eigenvalue weighted by molar-refractivity contribution is 5.67. The molecular formula is C10H18O8. The first-order valence-electron chi connectivity index (χ1n) is 5.55. The van der Waals surface area contributed by atoms with Crippen LogP contribution in [-0.2, 0) is 9.53 Å². The van der Waals surface area contributed by atoms with Crippen LogP contribution in [0.2, 0.25) is 0 Å². The topological polar surface area (TPSA) is 148 Å². The molecule has 0 saturated carbocycles. The van der Waals surface area contributed by atoms with Crippen LogP contribution in [0.15, 0.2) is 0 Å². The molecule has 1 rings (SSSR count). The van der Waals surface area contributed by atoms with Crippen LogP contribution in [0.5, 0.6) is 0 Å². The van der Waals surface area contributed by atoms with Crippen molar-refractivity contribution in [3.05, 3.63) is 0 Å². The summed E-state index contributed by atoms with van der Waals surface area (Å²) in [6.07, 6.45) is -7.31. The molecule has 8 nitrogen and oxygen atoms in total. The highest BCUT2D eigenvalue weighted by atomic mass is 16.5. The van der Waals surface area contributed by atoms with E-state index in [2.05, 4.69) is 0 Å². The smallest absolute Gasteiger partial charge is 0.303 e. The largest absolute Gasteiger partial charge is 0.481 e. The van der Waals surface area contributed by atoms with Crippen LogP contribution in [-0.4, -0.2) is 80.3 Å². The molecule has 0 aromatic rings. The van der Waals surface area contributed by atoms with Gasteiger partial charge in [0.05, 0.1) is 19.1 Å². The number of carbonyl (C=O) groups is 1. The number of hydrogen-bond donors (Lipinski definition) is 6. The van der Waals surface area contributed by atoms with Gasteiger partial charge in [-0.15, -0.1) is 0 Å². The molecule has 6 atom stereocenters. The molecule has 18 heavy (non-hydrogen) atoms. The number of rotatable bonds is 5. The van der Waals surface area contributed by atoms with Gasteiger partial charge in [0.1, 0.15) is 24.4 Å². The maximum Gasteiger partial charge on any atom is 0.303 e. The number of aliphatic hydroxyl groups excluding tert-OH is 5. The van der Waals surface area contributed by atoms with Gasteiger partial charge in [0.25, 0.3) is 0 Å². The first kappa shape index (κ1) is 15.3. The molecule has 0 bridgehead atoms. The van der Waals surface area contributed by atoms with Crippen molar-refractivity contribution in [1.82, 2.24) is 0 Å². The zero-order valence-corrected chi connectivity index (χ0v) is 9.59. The highest BCUT2D eigenvalue weighted by Crippen LogP contribution is 2.27. The van der Waals surface area contributed by atoms with Gasteiger partial charge >= 0.3 is 5.97 Å². The maximum absolute atomic E-state index is 10.6. The first-order chi connectivity index (χ1) is 8.42. The Kier molecular flexibility index (Phi) is 5.45. The first-order valence-corrected chi connectivity index (χ1v) is 5.55. The zero-order valence-electron chi connectivity index (χ0n) is 9.59. The summed E-state index contributed by atoms with van der Waals surface area (Å²) in [7, 11) is 0. The minimum Gasteiger partial charge on any atom is -0.481 e. The summed E-state index contributed by atoms with van der Waals surface area (Å²) in [4.78, 5) is 10.6. The Morgan fingerprint density at radius 1 is 1.11 bits per heavy atom. The second-order valence-corrected chi connectivity index (χ2v) is 4.33. The molecule has 106 valence electrons. The van der Waals surface area contributed by atoms with E-state index in [1.165, 1.54) is 0 Å². The monoisotopic (exact) mass is 266 g/mol. The minimum absolute atomic E-state index is 0.459. The molecule has 8 heteroatoms. The normalized spacial score (nSPS) is 38.4. The number of hydrogen-bond acceptors (Lipinski definition) is 7. The molecule has 1 heterocycles. The van der Waals surface area contributed by atoms with Crippen molar-refractivity contribution < 1.29 is 40.2 Å². The Morgan fingerprint density at radius 2 is 1.72 bits per heavy atom. The predicted molar refractivity (Wildman–Crippen MR) is 56.6 cm³/mol. The molecule has 6 N–H and O–H groups in total. The molecule has 0 aliphatic carbocycles. The van der Waals surface area contributed by atoms with Gasteiger partial charge in [-0.2, -0.15) is 0 Å². The quantitative estimate of drug-likeness (QED) is 0.307. The van der Waals surface area contributed by atoms with Crippen molar-refractivity contribution in [2.45, 2.75) is 36.9 Å². The highest BCUT2D eigenvalue weighted by Gasteiger charge is 2.46. The standard InChI is InChI=1S/C10H18O8/c11-2-4(1-6(13)14)10-9(17)8(16)7(15)5(3-12)18-10/h4-5,7-12,15-17H,1-3H2,(H,13,14)/t4-,5+,7+,8-,9+,10-/m0/s1.